The van der Waals surface area contributed by atoms with Gasteiger partial charge in [-0.2, -0.15) is 0 Å². The lowest BCUT2D eigenvalue weighted by molar-refractivity contribution is 0.0398. The van der Waals surface area contributed by atoms with Crippen molar-refractivity contribution in [2.45, 2.75) is 37.8 Å². The molecule has 122 valence electrons. The molecule has 1 atom stereocenters. The number of aliphatic hydroxyl groups is 1. The van der Waals surface area contributed by atoms with Crippen LogP contribution in [0.3, 0.4) is 0 Å². The van der Waals surface area contributed by atoms with E-state index in [1.165, 1.54) is 0 Å². The van der Waals surface area contributed by atoms with Crippen molar-refractivity contribution in [3.63, 3.8) is 0 Å². The van der Waals surface area contributed by atoms with E-state index in [1.54, 1.807) is 12.4 Å². The standard InChI is InChI=1S/C16H27N5O/c1-19(2)15-16(18-8-7-17-15)20-10-5-13(6-11-20)21-9-3-4-14(22)12-21/h7-8,13-14,22H,3-6,9-12H2,1-2H3. The molecule has 0 aliphatic carbocycles. The third-order valence-corrected chi connectivity index (χ3v) is 4.79. The van der Waals surface area contributed by atoms with Gasteiger partial charge in [-0.25, -0.2) is 9.97 Å². The van der Waals surface area contributed by atoms with Crippen LogP contribution in [-0.4, -0.2) is 72.4 Å². The summed E-state index contributed by atoms with van der Waals surface area (Å²) in [6.45, 7) is 4.00. The van der Waals surface area contributed by atoms with Crippen LogP contribution in [0.5, 0.6) is 0 Å². The maximum atomic E-state index is 9.86. The van der Waals surface area contributed by atoms with Gasteiger partial charge in [-0.15, -0.1) is 0 Å². The predicted molar refractivity (Wildman–Crippen MR) is 88.4 cm³/mol. The summed E-state index contributed by atoms with van der Waals surface area (Å²) < 4.78 is 0. The van der Waals surface area contributed by atoms with E-state index in [9.17, 15) is 5.11 Å². The molecule has 2 saturated heterocycles. The smallest absolute Gasteiger partial charge is 0.171 e. The van der Waals surface area contributed by atoms with Crippen LogP contribution in [0.25, 0.3) is 0 Å². The topological polar surface area (TPSA) is 55.7 Å². The summed E-state index contributed by atoms with van der Waals surface area (Å²) in [5, 5.41) is 9.86. The van der Waals surface area contributed by atoms with Crippen molar-refractivity contribution in [3.8, 4) is 0 Å². The molecule has 0 bridgehead atoms. The molecular weight excluding hydrogens is 278 g/mol. The molecule has 0 spiro atoms. The van der Waals surface area contributed by atoms with Gasteiger partial charge in [0.15, 0.2) is 11.6 Å². The van der Waals surface area contributed by atoms with Gasteiger partial charge in [0.25, 0.3) is 0 Å². The number of β-amino-alcohol motifs (C(OH)–C–C–N with tert-alkyl or cyclic N) is 1. The minimum Gasteiger partial charge on any atom is -0.392 e. The highest BCUT2D eigenvalue weighted by Gasteiger charge is 2.29. The molecule has 2 fully saturated rings. The van der Waals surface area contributed by atoms with Crippen LogP contribution in [0.2, 0.25) is 0 Å². The summed E-state index contributed by atoms with van der Waals surface area (Å²) in [5.41, 5.74) is 0. The number of hydrogen-bond donors (Lipinski definition) is 1. The van der Waals surface area contributed by atoms with E-state index >= 15 is 0 Å². The molecule has 6 nitrogen and oxygen atoms in total. The minimum absolute atomic E-state index is 0.132. The van der Waals surface area contributed by atoms with Gasteiger partial charge in [0.2, 0.25) is 0 Å². The first kappa shape index (κ1) is 15.5. The lowest BCUT2D eigenvalue weighted by Gasteiger charge is -2.42. The first-order valence-electron chi connectivity index (χ1n) is 8.30. The Bertz CT molecular complexity index is 487. The third-order valence-electron chi connectivity index (χ3n) is 4.79. The van der Waals surface area contributed by atoms with E-state index in [0.29, 0.717) is 6.04 Å². The highest BCUT2D eigenvalue weighted by molar-refractivity contribution is 5.61. The number of nitrogens with zero attached hydrogens (tertiary/aromatic N) is 5. The van der Waals surface area contributed by atoms with E-state index in [1.807, 2.05) is 19.0 Å². The Morgan fingerprint density at radius 2 is 1.82 bits per heavy atom. The summed E-state index contributed by atoms with van der Waals surface area (Å²) in [6.07, 6.45) is 7.74. The molecule has 0 saturated carbocycles. The van der Waals surface area contributed by atoms with E-state index < -0.39 is 0 Å². The molecule has 3 heterocycles. The molecule has 1 N–H and O–H groups in total. The third kappa shape index (κ3) is 3.33. The Balaban J connectivity index is 1.62. The normalized spacial score (nSPS) is 24.5. The summed E-state index contributed by atoms with van der Waals surface area (Å²) >= 11 is 0. The van der Waals surface area contributed by atoms with Gasteiger partial charge in [0, 0.05) is 52.2 Å². The van der Waals surface area contributed by atoms with Gasteiger partial charge in [0.1, 0.15) is 0 Å². The van der Waals surface area contributed by atoms with Crippen molar-refractivity contribution in [3.05, 3.63) is 12.4 Å². The predicted octanol–water partition coefficient (Wildman–Crippen LogP) is 0.968. The second kappa shape index (κ2) is 6.79. The fourth-order valence-electron chi connectivity index (χ4n) is 3.62. The summed E-state index contributed by atoms with van der Waals surface area (Å²) in [7, 11) is 4.02. The quantitative estimate of drug-likeness (QED) is 0.898. The van der Waals surface area contributed by atoms with Crippen LogP contribution < -0.4 is 9.80 Å². The largest absolute Gasteiger partial charge is 0.392 e. The van der Waals surface area contributed by atoms with Crippen LogP contribution in [0.15, 0.2) is 12.4 Å². The Morgan fingerprint density at radius 1 is 1.09 bits per heavy atom. The van der Waals surface area contributed by atoms with Gasteiger partial charge in [-0.1, -0.05) is 0 Å². The van der Waals surface area contributed by atoms with E-state index in [0.717, 1.165) is 63.5 Å². The van der Waals surface area contributed by atoms with Crippen molar-refractivity contribution in [1.82, 2.24) is 14.9 Å². The Morgan fingerprint density at radius 3 is 2.50 bits per heavy atom. The van der Waals surface area contributed by atoms with Gasteiger partial charge >= 0.3 is 0 Å². The van der Waals surface area contributed by atoms with Crippen molar-refractivity contribution in [2.75, 3.05) is 50.1 Å². The number of likely N-dealkylation sites (tertiary alicyclic amines) is 1. The average molecular weight is 305 g/mol. The van der Waals surface area contributed by atoms with Crippen LogP contribution in [0.4, 0.5) is 11.6 Å². The van der Waals surface area contributed by atoms with Gasteiger partial charge < -0.3 is 14.9 Å². The Kier molecular flexibility index (Phi) is 4.78. The molecule has 0 amide bonds. The maximum absolute atomic E-state index is 9.86. The van der Waals surface area contributed by atoms with Crippen molar-refractivity contribution >= 4 is 11.6 Å². The number of hydrogen-bond acceptors (Lipinski definition) is 6. The van der Waals surface area contributed by atoms with E-state index in [2.05, 4.69) is 19.8 Å². The van der Waals surface area contributed by atoms with Crippen LogP contribution in [-0.2, 0) is 0 Å². The maximum Gasteiger partial charge on any atom is 0.171 e. The lowest BCUT2D eigenvalue weighted by Crippen LogP contribution is -2.50. The SMILES string of the molecule is CN(C)c1nccnc1N1CCC(N2CCCC(O)C2)CC1. The fourth-order valence-corrected chi connectivity index (χ4v) is 3.62. The number of rotatable bonds is 3. The first-order valence-corrected chi connectivity index (χ1v) is 8.30. The zero-order valence-corrected chi connectivity index (χ0v) is 13.6. The summed E-state index contributed by atoms with van der Waals surface area (Å²) in [6, 6.07) is 0.602. The van der Waals surface area contributed by atoms with Gasteiger partial charge in [-0.05, 0) is 32.2 Å². The molecule has 2 aliphatic heterocycles. The molecule has 0 aromatic carbocycles. The molecule has 3 rings (SSSR count). The second-order valence-corrected chi connectivity index (χ2v) is 6.61. The Labute approximate surface area is 132 Å². The minimum atomic E-state index is -0.132. The van der Waals surface area contributed by atoms with Gasteiger partial charge in [0.05, 0.1) is 6.10 Å². The van der Waals surface area contributed by atoms with E-state index in [-0.39, 0.29) is 6.10 Å². The first-order chi connectivity index (χ1) is 10.6. The number of aliphatic hydroxyl groups excluding tert-OH is 1. The molecule has 22 heavy (non-hydrogen) atoms. The van der Waals surface area contributed by atoms with Gasteiger partial charge in [-0.3, -0.25) is 4.90 Å². The fraction of sp³-hybridized carbons (Fsp3) is 0.750. The van der Waals surface area contributed by atoms with Crippen molar-refractivity contribution in [2.24, 2.45) is 0 Å². The molecule has 1 unspecified atom stereocenters. The van der Waals surface area contributed by atoms with Crippen LogP contribution in [0, 0.1) is 0 Å². The molecule has 2 aliphatic rings. The number of anilines is 2. The molecule has 6 heteroatoms. The highest BCUT2D eigenvalue weighted by Crippen LogP contribution is 2.28. The van der Waals surface area contributed by atoms with E-state index in [4.69, 9.17) is 0 Å². The molecule has 1 aromatic heterocycles. The van der Waals surface area contributed by atoms with Crippen molar-refractivity contribution < 1.29 is 5.11 Å². The zero-order chi connectivity index (χ0) is 15.5. The average Bonchev–Trinajstić information content (AvgIpc) is 2.55. The molecule has 0 radical (unpaired) electrons. The monoisotopic (exact) mass is 305 g/mol. The number of aromatic nitrogens is 2. The molecular formula is C16H27N5O. The van der Waals surface area contributed by atoms with Crippen LogP contribution in [0.1, 0.15) is 25.7 Å². The van der Waals surface area contributed by atoms with Crippen LogP contribution >= 0.6 is 0 Å². The summed E-state index contributed by atoms with van der Waals surface area (Å²) in [5.74, 6) is 1.93. The highest BCUT2D eigenvalue weighted by atomic mass is 16.3. The second-order valence-electron chi connectivity index (χ2n) is 6.61. The number of piperidine rings is 2. The summed E-state index contributed by atoms with van der Waals surface area (Å²) in [4.78, 5) is 15.8. The molecule has 1 aromatic rings. The van der Waals surface area contributed by atoms with Crippen molar-refractivity contribution in [1.29, 1.82) is 0 Å². The zero-order valence-electron chi connectivity index (χ0n) is 13.6. The lowest BCUT2D eigenvalue weighted by atomic mass is 9.99. The Hall–Kier alpha value is -1.40.